The van der Waals surface area contributed by atoms with Crippen LogP contribution in [-0.4, -0.2) is 10.2 Å². The number of nitrogens with two attached hydrogens (primary N) is 1. The van der Waals surface area contributed by atoms with Gasteiger partial charge in [0.1, 0.15) is 0 Å². The summed E-state index contributed by atoms with van der Waals surface area (Å²) >= 11 is 0. The number of hydrogen-bond donors (Lipinski definition) is 2. The molecule has 0 aliphatic carbocycles. The van der Waals surface area contributed by atoms with Crippen molar-refractivity contribution in [2.24, 2.45) is 5.73 Å². The van der Waals surface area contributed by atoms with Crippen LogP contribution < -0.4 is 5.73 Å². The molecule has 1 rings (SSSR count). The Labute approximate surface area is 60.6 Å². The van der Waals surface area contributed by atoms with E-state index in [0.29, 0.717) is 12.5 Å². The number of aromatic amines is 1. The van der Waals surface area contributed by atoms with Gasteiger partial charge in [-0.15, -0.1) is 0 Å². The van der Waals surface area contributed by atoms with Gasteiger partial charge in [-0.3, -0.25) is 5.10 Å². The normalized spacial score (nSPS) is 10.8. The molecule has 0 bridgehead atoms. The zero-order valence-electron chi connectivity index (χ0n) is 6.39. The first-order valence-electron chi connectivity index (χ1n) is 3.48. The van der Waals surface area contributed by atoms with Crippen LogP contribution in [0.5, 0.6) is 0 Å². The predicted molar refractivity (Wildman–Crippen MR) is 40.6 cm³/mol. The minimum atomic E-state index is 0.487. The Hall–Kier alpha value is -0.830. The molecule has 1 heterocycles. The summed E-state index contributed by atoms with van der Waals surface area (Å²) in [4.78, 5) is 0. The van der Waals surface area contributed by atoms with Crippen molar-refractivity contribution in [1.82, 2.24) is 10.2 Å². The van der Waals surface area contributed by atoms with Crippen LogP contribution in [-0.2, 0) is 6.54 Å². The third-order valence-corrected chi connectivity index (χ3v) is 1.55. The molecule has 0 fully saturated rings. The van der Waals surface area contributed by atoms with Gasteiger partial charge < -0.3 is 5.73 Å². The summed E-state index contributed by atoms with van der Waals surface area (Å²) < 4.78 is 0. The average Bonchev–Trinajstić information content (AvgIpc) is 2.33. The first-order valence-corrected chi connectivity index (χ1v) is 3.48. The zero-order valence-corrected chi connectivity index (χ0v) is 6.39. The molecule has 0 unspecified atom stereocenters. The number of nitrogens with one attached hydrogen (secondary N) is 1. The molecular weight excluding hydrogens is 126 g/mol. The number of nitrogens with zero attached hydrogens (tertiary/aromatic N) is 1. The van der Waals surface area contributed by atoms with Crippen molar-refractivity contribution in [2.75, 3.05) is 0 Å². The molecule has 0 atom stereocenters. The van der Waals surface area contributed by atoms with Crippen LogP contribution in [0.2, 0.25) is 0 Å². The maximum absolute atomic E-state index is 5.47. The lowest BCUT2D eigenvalue weighted by molar-refractivity contribution is 0.794. The first-order chi connectivity index (χ1) is 4.75. The van der Waals surface area contributed by atoms with Crippen molar-refractivity contribution in [2.45, 2.75) is 26.3 Å². The molecule has 0 saturated heterocycles. The van der Waals surface area contributed by atoms with Crippen LogP contribution in [0.1, 0.15) is 31.0 Å². The fourth-order valence-electron chi connectivity index (χ4n) is 0.984. The third kappa shape index (κ3) is 1.19. The second-order valence-electron chi connectivity index (χ2n) is 2.67. The van der Waals surface area contributed by atoms with Crippen molar-refractivity contribution in [3.63, 3.8) is 0 Å². The van der Waals surface area contributed by atoms with Crippen LogP contribution in [0.25, 0.3) is 0 Å². The molecule has 0 amide bonds. The maximum Gasteiger partial charge on any atom is 0.0535 e. The molecule has 56 valence electrons. The van der Waals surface area contributed by atoms with E-state index in [0.717, 1.165) is 11.3 Å². The largest absolute Gasteiger partial charge is 0.326 e. The summed E-state index contributed by atoms with van der Waals surface area (Å²) in [5.41, 5.74) is 7.75. The van der Waals surface area contributed by atoms with Crippen LogP contribution in [0.4, 0.5) is 0 Å². The summed E-state index contributed by atoms with van der Waals surface area (Å²) in [6, 6.07) is 0. The highest BCUT2D eigenvalue weighted by Gasteiger charge is 2.05. The fourth-order valence-corrected chi connectivity index (χ4v) is 0.984. The van der Waals surface area contributed by atoms with Crippen molar-refractivity contribution in [3.8, 4) is 0 Å². The lowest BCUT2D eigenvalue weighted by Gasteiger charge is -2.02. The van der Waals surface area contributed by atoms with Crippen molar-refractivity contribution >= 4 is 0 Å². The van der Waals surface area contributed by atoms with Gasteiger partial charge >= 0.3 is 0 Å². The van der Waals surface area contributed by atoms with Gasteiger partial charge in [0.25, 0.3) is 0 Å². The Bertz CT molecular complexity index is 202. The quantitative estimate of drug-likeness (QED) is 0.642. The monoisotopic (exact) mass is 139 g/mol. The van der Waals surface area contributed by atoms with E-state index >= 15 is 0 Å². The second kappa shape index (κ2) is 2.84. The Kier molecular flexibility index (Phi) is 2.06. The van der Waals surface area contributed by atoms with Gasteiger partial charge in [-0.2, -0.15) is 5.10 Å². The van der Waals surface area contributed by atoms with E-state index in [1.54, 1.807) is 6.20 Å². The van der Waals surface area contributed by atoms with Crippen molar-refractivity contribution in [3.05, 3.63) is 17.5 Å². The number of aromatic nitrogens is 2. The summed E-state index contributed by atoms with van der Waals surface area (Å²) in [5, 5.41) is 6.84. The van der Waals surface area contributed by atoms with Gasteiger partial charge in [0.2, 0.25) is 0 Å². The Morgan fingerprint density at radius 2 is 2.40 bits per heavy atom. The highest BCUT2D eigenvalue weighted by molar-refractivity contribution is 5.18. The van der Waals surface area contributed by atoms with Crippen LogP contribution >= 0.6 is 0 Å². The summed E-state index contributed by atoms with van der Waals surface area (Å²) in [5.74, 6) is 0.487. The standard InChI is InChI=1S/C7H13N3/c1-5(2)7-6(3-8)4-9-10-7/h4-5H,3,8H2,1-2H3,(H,9,10). The molecule has 3 heteroatoms. The third-order valence-electron chi connectivity index (χ3n) is 1.55. The number of rotatable bonds is 2. The molecule has 1 aromatic rings. The average molecular weight is 139 g/mol. The van der Waals surface area contributed by atoms with Crippen LogP contribution in [0, 0.1) is 0 Å². The molecule has 0 aliphatic heterocycles. The van der Waals surface area contributed by atoms with E-state index in [2.05, 4.69) is 24.0 Å². The SMILES string of the molecule is CC(C)c1[nH]ncc1CN. The lowest BCUT2D eigenvalue weighted by atomic mass is 10.1. The van der Waals surface area contributed by atoms with Gasteiger partial charge in [0.05, 0.1) is 6.20 Å². The highest BCUT2D eigenvalue weighted by atomic mass is 15.1. The van der Waals surface area contributed by atoms with Gasteiger partial charge in [0, 0.05) is 17.8 Å². The summed E-state index contributed by atoms with van der Waals surface area (Å²) in [6.07, 6.45) is 1.79. The van der Waals surface area contributed by atoms with E-state index in [4.69, 9.17) is 5.73 Å². The number of H-pyrrole nitrogens is 1. The molecule has 0 spiro atoms. The molecule has 3 nitrogen and oxygen atoms in total. The summed E-state index contributed by atoms with van der Waals surface area (Å²) in [6.45, 7) is 4.81. The fraction of sp³-hybridized carbons (Fsp3) is 0.571. The predicted octanol–water partition coefficient (Wildman–Crippen LogP) is 0.992. The van der Waals surface area contributed by atoms with Crippen molar-refractivity contribution < 1.29 is 0 Å². The van der Waals surface area contributed by atoms with Gasteiger partial charge in [0.15, 0.2) is 0 Å². The van der Waals surface area contributed by atoms with Gasteiger partial charge in [-0.25, -0.2) is 0 Å². The molecular formula is C7H13N3. The van der Waals surface area contributed by atoms with Crippen molar-refractivity contribution in [1.29, 1.82) is 0 Å². The van der Waals surface area contributed by atoms with Crippen LogP contribution in [0.3, 0.4) is 0 Å². The van der Waals surface area contributed by atoms with Gasteiger partial charge in [-0.05, 0) is 5.92 Å². The van der Waals surface area contributed by atoms with Gasteiger partial charge in [-0.1, -0.05) is 13.8 Å². The lowest BCUT2D eigenvalue weighted by Crippen LogP contribution is -2.00. The Balaban J connectivity index is 2.90. The van der Waals surface area contributed by atoms with E-state index in [1.165, 1.54) is 0 Å². The summed E-state index contributed by atoms with van der Waals surface area (Å²) in [7, 11) is 0. The zero-order chi connectivity index (χ0) is 7.56. The minimum absolute atomic E-state index is 0.487. The van der Waals surface area contributed by atoms with Crippen LogP contribution in [0.15, 0.2) is 6.20 Å². The smallest absolute Gasteiger partial charge is 0.0535 e. The molecule has 0 saturated carbocycles. The molecule has 1 aromatic heterocycles. The Morgan fingerprint density at radius 1 is 1.70 bits per heavy atom. The van der Waals surface area contributed by atoms with E-state index in [9.17, 15) is 0 Å². The second-order valence-corrected chi connectivity index (χ2v) is 2.67. The van der Waals surface area contributed by atoms with E-state index < -0.39 is 0 Å². The minimum Gasteiger partial charge on any atom is -0.326 e. The number of hydrogen-bond acceptors (Lipinski definition) is 2. The molecule has 0 aliphatic rings. The molecule has 3 N–H and O–H groups in total. The Morgan fingerprint density at radius 3 is 2.80 bits per heavy atom. The van der Waals surface area contributed by atoms with E-state index in [1.807, 2.05) is 0 Å². The maximum atomic E-state index is 5.47. The van der Waals surface area contributed by atoms with E-state index in [-0.39, 0.29) is 0 Å². The highest BCUT2D eigenvalue weighted by Crippen LogP contribution is 2.14. The molecule has 10 heavy (non-hydrogen) atoms. The topological polar surface area (TPSA) is 54.7 Å². The molecule has 0 aromatic carbocycles. The molecule has 0 radical (unpaired) electrons. The first kappa shape index (κ1) is 7.28.